The molecule has 1 aromatic rings. The quantitative estimate of drug-likeness (QED) is 0.540. The molecule has 0 N–H and O–H groups in total. The van der Waals surface area contributed by atoms with Crippen molar-refractivity contribution in [1.82, 2.24) is 0 Å². The second-order valence-electron chi connectivity index (χ2n) is 3.13. The van der Waals surface area contributed by atoms with Gasteiger partial charge in [0.15, 0.2) is 0 Å². The standard InChI is InChI=1S/C10H6BrIO4/c1-15-10(14)8-6-4(9(13)16-8)2-3-5(11)7(6)12/h2-3,8H,1H3. The molecule has 1 aliphatic rings. The fraction of sp³-hybridized carbons (Fsp3) is 0.200. The molecule has 0 aromatic heterocycles. The summed E-state index contributed by atoms with van der Waals surface area (Å²) in [5.74, 6) is -1.06. The van der Waals surface area contributed by atoms with Crippen molar-refractivity contribution in [3.05, 3.63) is 31.3 Å². The number of esters is 2. The zero-order valence-electron chi connectivity index (χ0n) is 8.12. The summed E-state index contributed by atoms with van der Waals surface area (Å²) in [4.78, 5) is 23.0. The number of halogens is 2. The molecule has 0 saturated heterocycles. The van der Waals surface area contributed by atoms with Crippen molar-refractivity contribution in [3.8, 4) is 0 Å². The number of carbonyl (C=O) groups is 2. The van der Waals surface area contributed by atoms with E-state index >= 15 is 0 Å². The molecule has 0 bridgehead atoms. The van der Waals surface area contributed by atoms with Crippen LogP contribution >= 0.6 is 38.5 Å². The van der Waals surface area contributed by atoms with Crippen LogP contribution in [-0.2, 0) is 14.3 Å². The number of rotatable bonds is 1. The van der Waals surface area contributed by atoms with Gasteiger partial charge in [0.05, 0.1) is 12.7 Å². The maximum absolute atomic E-state index is 11.5. The molecule has 0 fully saturated rings. The van der Waals surface area contributed by atoms with Crippen molar-refractivity contribution in [2.75, 3.05) is 7.11 Å². The van der Waals surface area contributed by atoms with Gasteiger partial charge in [-0.15, -0.1) is 0 Å². The van der Waals surface area contributed by atoms with E-state index in [1.54, 1.807) is 12.1 Å². The van der Waals surface area contributed by atoms with Crippen molar-refractivity contribution in [2.24, 2.45) is 0 Å². The van der Waals surface area contributed by atoms with Crippen molar-refractivity contribution in [2.45, 2.75) is 6.10 Å². The van der Waals surface area contributed by atoms with Crippen LogP contribution in [-0.4, -0.2) is 19.0 Å². The summed E-state index contributed by atoms with van der Waals surface area (Å²) in [6.07, 6.45) is -0.947. The summed E-state index contributed by atoms with van der Waals surface area (Å²) in [5.41, 5.74) is 0.995. The number of carbonyl (C=O) groups excluding carboxylic acids is 2. The Morgan fingerprint density at radius 3 is 2.88 bits per heavy atom. The lowest BCUT2D eigenvalue weighted by atomic mass is 10.1. The molecule has 0 radical (unpaired) electrons. The molecule has 16 heavy (non-hydrogen) atoms. The van der Waals surface area contributed by atoms with Gasteiger partial charge in [0.2, 0.25) is 6.10 Å². The Morgan fingerprint density at radius 1 is 1.56 bits per heavy atom. The van der Waals surface area contributed by atoms with E-state index in [1.165, 1.54) is 7.11 Å². The molecule has 0 amide bonds. The van der Waals surface area contributed by atoms with Gasteiger partial charge < -0.3 is 9.47 Å². The van der Waals surface area contributed by atoms with E-state index in [0.717, 1.165) is 8.04 Å². The minimum atomic E-state index is -0.947. The Hall–Kier alpha value is -0.630. The minimum Gasteiger partial charge on any atom is -0.466 e. The monoisotopic (exact) mass is 396 g/mol. The highest BCUT2D eigenvalue weighted by Crippen LogP contribution is 2.38. The van der Waals surface area contributed by atoms with E-state index in [-0.39, 0.29) is 0 Å². The molecule has 1 atom stereocenters. The van der Waals surface area contributed by atoms with E-state index in [9.17, 15) is 9.59 Å². The number of fused-ring (bicyclic) bond motifs is 1. The molecular formula is C10H6BrIO4. The number of hydrogen-bond acceptors (Lipinski definition) is 4. The zero-order valence-corrected chi connectivity index (χ0v) is 11.9. The Labute approximate surface area is 114 Å². The summed E-state index contributed by atoms with van der Waals surface area (Å²) < 4.78 is 11.2. The third-order valence-corrected chi connectivity index (χ3v) is 4.82. The van der Waals surface area contributed by atoms with Crippen molar-refractivity contribution in [3.63, 3.8) is 0 Å². The van der Waals surface area contributed by atoms with Crippen LogP contribution < -0.4 is 0 Å². The summed E-state index contributed by atoms with van der Waals surface area (Å²) in [6, 6.07) is 3.38. The lowest BCUT2D eigenvalue weighted by molar-refractivity contribution is -0.150. The number of methoxy groups -OCH3 is 1. The normalized spacial score (nSPS) is 17.9. The van der Waals surface area contributed by atoms with Gasteiger partial charge in [0.1, 0.15) is 0 Å². The van der Waals surface area contributed by atoms with E-state index in [4.69, 9.17) is 4.74 Å². The fourth-order valence-corrected chi connectivity index (χ4v) is 2.60. The molecule has 0 saturated carbocycles. The smallest absolute Gasteiger partial charge is 0.352 e. The van der Waals surface area contributed by atoms with Crippen molar-refractivity contribution >= 4 is 50.5 Å². The first-order valence-corrected chi connectivity index (χ1v) is 6.20. The maximum atomic E-state index is 11.5. The highest BCUT2D eigenvalue weighted by atomic mass is 127. The Kier molecular flexibility index (Phi) is 3.20. The largest absolute Gasteiger partial charge is 0.466 e. The van der Waals surface area contributed by atoms with Gasteiger partial charge in [0.25, 0.3) is 0 Å². The molecule has 84 valence electrons. The zero-order chi connectivity index (χ0) is 11.9. The topological polar surface area (TPSA) is 52.6 Å². The SMILES string of the molecule is COC(=O)C1OC(=O)c2ccc(Br)c(I)c21. The van der Waals surface area contributed by atoms with E-state index in [1.807, 2.05) is 0 Å². The Morgan fingerprint density at radius 2 is 2.25 bits per heavy atom. The summed E-state index contributed by atoms with van der Waals surface area (Å²) in [6.45, 7) is 0. The molecule has 6 heteroatoms. The number of hydrogen-bond donors (Lipinski definition) is 0. The number of benzene rings is 1. The molecule has 1 unspecified atom stereocenters. The fourth-order valence-electron chi connectivity index (χ4n) is 1.50. The first kappa shape index (κ1) is 11.8. The van der Waals surface area contributed by atoms with Crippen LogP contribution in [0.25, 0.3) is 0 Å². The maximum Gasteiger partial charge on any atom is 0.352 e. The molecule has 2 rings (SSSR count). The first-order valence-electron chi connectivity index (χ1n) is 4.33. The van der Waals surface area contributed by atoms with Crippen molar-refractivity contribution < 1.29 is 19.1 Å². The van der Waals surface area contributed by atoms with E-state index in [0.29, 0.717) is 11.1 Å². The van der Waals surface area contributed by atoms with Gasteiger partial charge in [-0.05, 0) is 50.7 Å². The van der Waals surface area contributed by atoms with Gasteiger partial charge in [-0.1, -0.05) is 0 Å². The Balaban J connectivity index is 2.59. The highest BCUT2D eigenvalue weighted by Gasteiger charge is 2.39. The molecule has 1 aromatic carbocycles. The van der Waals surface area contributed by atoms with Gasteiger partial charge >= 0.3 is 11.9 Å². The number of ether oxygens (including phenoxy) is 2. The van der Waals surface area contributed by atoms with E-state index < -0.39 is 18.0 Å². The van der Waals surface area contributed by atoms with Gasteiger partial charge in [-0.25, -0.2) is 9.59 Å². The van der Waals surface area contributed by atoms with Gasteiger partial charge in [-0.2, -0.15) is 0 Å². The molecule has 4 nitrogen and oxygen atoms in total. The summed E-state index contributed by atoms with van der Waals surface area (Å²) in [5, 5.41) is 0. The van der Waals surface area contributed by atoms with Crippen LogP contribution in [0, 0.1) is 3.57 Å². The average Bonchev–Trinajstić information content (AvgIpc) is 2.61. The summed E-state index contributed by atoms with van der Waals surface area (Å²) >= 11 is 5.40. The molecular weight excluding hydrogens is 391 g/mol. The van der Waals surface area contributed by atoms with Crippen LogP contribution in [0.5, 0.6) is 0 Å². The minimum absolute atomic E-state index is 0.419. The Bertz CT molecular complexity index is 486. The molecule has 0 aliphatic carbocycles. The first-order chi connectivity index (χ1) is 7.56. The highest BCUT2D eigenvalue weighted by molar-refractivity contribution is 14.1. The lowest BCUT2D eigenvalue weighted by Crippen LogP contribution is -2.14. The van der Waals surface area contributed by atoms with Crippen LogP contribution in [0.15, 0.2) is 16.6 Å². The average molecular weight is 397 g/mol. The van der Waals surface area contributed by atoms with E-state index in [2.05, 4.69) is 43.3 Å². The predicted octanol–water partition coefficient (Wildman–Crippen LogP) is 2.44. The third-order valence-electron chi connectivity index (χ3n) is 2.25. The van der Waals surface area contributed by atoms with Crippen molar-refractivity contribution in [1.29, 1.82) is 0 Å². The predicted molar refractivity (Wildman–Crippen MR) is 67.0 cm³/mol. The van der Waals surface area contributed by atoms with Crippen LogP contribution in [0.2, 0.25) is 0 Å². The number of cyclic esters (lactones) is 1. The third kappa shape index (κ3) is 1.73. The second kappa shape index (κ2) is 4.33. The van der Waals surface area contributed by atoms with Crippen LogP contribution in [0.3, 0.4) is 0 Å². The molecule has 1 aliphatic heterocycles. The second-order valence-corrected chi connectivity index (χ2v) is 5.06. The molecule has 1 heterocycles. The van der Waals surface area contributed by atoms with Gasteiger partial charge in [-0.3, -0.25) is 0 Å². The van der Waals surface area contributed by atoms with Crippen LogP contribution in [0.1, 0.15) is 22.0 Å². The van der Waals surface area contributed by atoms with Gasteiger partial charge in [0, 0.05) is 13.6 Å². The molecule has 0 spiro atoms. The van der Waals surface area contributed by atoms with Crippen LogP contribution in [0.4, 0.5) is 0 Å². The lowest BCUT2D eigenvalue weighted by Gasteiger charge is -2.09. The summed E-state index contributed by atoms with van der Waals surface area (Å²) in [7, 11) is 1.26.